The maximum atomic E-state index is 9.17. The monoisotopic (exact) mass is 189 g/mol. The van der Waals surface area contributed by atoms with Gasteiger partial charge in [0.25, 0.3) is 0 Å². The van der Waals surface area contributed by atoms with Crippen LogP contribution in [0.1, 0.15) is 36.8 Å². The molecule has 14 heavy (non-hydrogen) atoms. The van der Waals surface area contributed by atoms with Crippen LogP contribution in [0.25, 0.3) is 0 Å². The Morgan fingerprint density at radius 3 is 2.79 bits per heavy atom. The lowest BCUT2D eigenvalue weighted by Crippen LogP contribution is -2.02. The molecule has 0 unspecified atom stereocenters. The van der Waals surface area contributed by atoms with Crippen molar-refractivity contribution in [3.05, 3.63) is 35.4 Å². The molecule has 1 saturated carbocycles. The van der Waals surface area contributed by atoms with E-state index in [0.717, 1.165) is 17.9 Å². The molecule has 75 valence electrons. The van der Waals surface area contributed by atoms with Gasteiger partial charge in [0.05, 0.1) is 6.61 Å². The molecule has 0 saturated heterocycles. The largest absolute Gasteiger partial charge is 0.392 e. The molecule has 0 heterocycles. The van der Waals surface area contributed by atoms with E-state index in [-0.39, 0.29) is 6.61 Å². The number of benzene rings is 1. The van der Waals surface area contributed by atoms with Crippen molar-refractivity contribution in [2.24, 2.45) is 5.92 Å². The summed E-state index contributed by atoms with van der Waals surface area (Å²) in [6.07, 6.45) is 6.65. The minimum Gasteiger partial charge on any atom is -0.392 e. The summed E-state index contributed by atoms with van der Waals surface area (Å²) in [5, 5.41) is 9.17. The van der Waals surface area contributed by atoms with Crippen molar-refractivity contribution in [1.29, 1.82) is 0 Å². The van der Waals surface area contributed by atoms with Crippen LogP contribution in [0.2, 0.25) is 0 Å². The smallest absolute Gasteiger partial charge is 0.0684 e. The maximum absolute atomic E-state index is 9.17. The summed E-state index contributed by atoms with van der Waals surface area (Å²) >= 11 is 0. The highest BCUT2D eigenvalue weighted by atomic mass is 16.3. The Bertz CT molecular complexity index is 287. The molecule has 1 radical (unpaired) electrons. The highest BCUT2D eigenvalue weighted by Crippen LogP contribution is 2.28. The summed E-state index contributed by atoms with van der Waals surface area (Å²) in [4.78, 5) is 0. The second kappa shape index (κ2) is 4.61. The minimum atomic E-state index is 0.152. The van der Waals surface area contributed by atoms with Crippen molar-refractivity contribution in [3.8, 4) is 0 Å². The van der Waals surface area contributed by atoms with Gasteiger partial charge in [-0.2, -0.15) is 0 Å². The zero-order valence-electron chi connectivity index (χ0n) is 8.50. The zero-order valence-corrected chi connectivity index (χ0v) is 8.50. The van der Waals surface area contributed by atoms with Crippen molar-refractivity contribution in [2.75, 3.05) is 0 Å². The molecule has 0 aromatic heterocycles. The molecule has 1 heteroatoms. The van der Waals surface area contributed by atoms with Gasteiger partial charge in [0.1, 0.15) is 0 Å². The van der Waals surface area contributed by atoms with Crippen molar-refractivity contribution < 1.29 is 5.11 Å². The van der Waals surface area contributed by atoms with E-state index in [1.165, 1.54) is 31.2 Å². The third-order valence-corrected chi connectivity index (χ3v) is 3.20. The molecular formula is C13H17O. The number of rotatable bonds is 3. The summed E-state index contributed by atoms with van der Waals surface area (Å²) in [6.45, 7) is 0.152. The van der Waals surface area contributed by atoms with Gasteiger partial charge in [0.15, 0.2) is 0 Å². The topological polar surface area (TPSA) is 20.2 Å². The van der Waals surface area contributed by atoms with Gasteiger partial charge in [-0.05, 0) is 35.6 Å². The van der Waals surface area contributed by atoms with Crippen LogP contribution in [0.4, 0.5) is 0 Å². The van der Waals surface area contributed by atoms with Gasteiger partial charge < -0.3 is 5.11 Å². The fourth-order valence-corrected chi connectivity index (χ4v) is 2.37. The van der Waals surface area contributed by atoms with Gasteiger partial charge >= 0.3 is 0 Å². The number of hydrogen-bond acceptors (Lipinski definition) is 1. The normalized spacial score (nSPS) is 17.5. The highest BCUT2D eigenvalue weighted by molar-refractivity contribution is 5.26. The lowest BCUT2D eigenvalue weighted by Gasteiger charge is -2.11. The molecule has 1 aromatic carbocycles. The molecule has 1 fully saturated rings. The van der Waals surface area contributed by atoms with Gasteiger partial charge in [-0.25, -0.2) is 0 Å². The Kier molecular flexibility index (Phi) is 3.20. The van der Waals surface area contributed by atoms with Crippen LogP contribution in [-0.2, 0) is 13.0 Å². The first-order valence-electron chi connectivity index (χ1n) is 5.49. The molecular weight excluding hydrogens is 172 g/mol. The molecule has 1 aromatic rings. The summed E-state index contributed by atoms with van der Waals surface area (Å²) in [6, 6.07) is 8.97. The standard InChI is InChI=1S/C13H17O/c14-10-13-8-4-3-7-12(13)9-11-5-1-2-6-11/h3,7-8,11,14H,1-2,5-6,9-10H2. The van der Waals surface area contributed by atoms with E-state index in [4.69, 9.17) is 0 Å². The van der Waals surface area contributed by atoms with E-state index < -0.39 is 0 Å². The van der Waals surface area contributed by atoms with Crippen LogP contribution in [-0.4, -0.2) is 5.11 Å². The maximum Gasteiger partial charge on any atom is 0.0684 e. The SMILES string of the molecule is OCc1c[c]ccc1CC1CCCC1. The Balaban J connectivity index is 2.07. The van der Waals surface area contributed by atoms with Crippen LogP contribution in [0.15, 0.2) is 18.2 Å². The van der Waals surface area contributed by atoms with Crippen molar-refractivity contribution >= 4 is 0 Å². The van der Waals surface area contributed by atoms with Crippen LogP contribution in [0.5, 0.6) is 0 Å². The van der Waals surface area contributed by atoms with Gasteiger partial charge in [-0.1, -0.05) is 37.8 Å². The van der Waals surface area contributed by atoms with E-state index in [2.05, 4.69) is 12.1 Å². The number of aliphatic hydroxyl groups excluding tert-OH is 1. The Labute approximate surface area is 85.8 Å². The van der Waals surface area contributed by atoms with Crippen LogP contribution in [0, 0.1) is 12.0 Å². The first kappa shape index (κ1) is 9.72. The fraction of sp³-hybridized carbons (Fsp3) is 0.538. The Morgan fingerprint density at radius 2 is 2.07 bits per heavy atom. The van der Waals surface area contributed by atoms with E-state index in [1.54, 1.807) is 0 Å². The van der Waals surface area contributed by atoms with E-state index in [9.17, 15) is 5.11 Å². The zero-order chi connectivity index (χ0) is 9.80. The Morgan fingerprint density at radius 1 is 1.29 bits per heavy atom. The molecule has 1 aliphatic carbocycles. The molecule has 0 bridgehead atoms. The third kappa shape index (κ3) is 2.16. The quantitative estimate of drug-likeness (QED) is 0.775. The lowest BCUT2D eigenvalue weighted by atomic mass is 9.95. The molecule has 2 rings (SSSR count). The van der Waals surface area contributed by atoms with Crippen molar-refractivity contribution in [1.82, 2.24) is 0 Å². The summed E-state index contributed by atoms with van der Waals surface area (Å²) in [5.41, 5.74) is 2.37. The van der Waals surface area contributed by atoms with Gasteiger partial charge in [0.2, 0.25) is 0 Å². The molecule has 1 aliphatic rings. The number of aliphatic hydroxyl groups is 1. The van der Waals surface area contributed by atoms with E-state index in [1.807, 2.05) is 12.1 Å². The third-order valence-electron chi connectivity index (χ3n) is 3.20. The molecule has 0 spiro atoms. The van der Waals surface area contributed by atoms with Crippen molar-refractivity contribution in [3.63, 3.8) is 0 Å². The molecule has 0 atom stereocenters. The first-order valence-corrected chi connectivity index (χ1v) is 5.49. The van der Waals surface area contributed by atoms with Gasteiger partial charge in [-0.15, -0.1) is 0 Å². The second-order valence-electron chi connectivity index (χ2n) is 4.21. The number of hydrogen-bond donors (Lipinski definition) is 1. The highest BCUT2D eigenvalue weighted by Gasteiger charge is 2.16. The average molecular weight is 189 g/mol. The van der Waals surface area contributed by atoms with Crippen LogP contribution >= 0.6 is 0 Å². The summed E-state index contributed by atoms with van der Waals surface area (Å²) in [7, 11) is 0. The molecule has 0 aliphatic heterocycles. The predicted molar refractivity (Wildman–Crippen MR) is 56.9 cm³/mol. The summed E-state index contributed by atoms with van der Waals surface area (Å²) in [5.74, 6) is 0.850. The van der Waals surface area contributed by atoms with Gasteiger partial charge in [0, 0.05) is 0 Å². The van der Waals surface area contributed by atoms with E-state index in [0.29, 0.717) is 0 Å². The minimum absolute atomic E-state index is 0.152. The van der Waals surface area contributed by atoms with Crippen LogP contribution in [0.3, 0.4) is 0 Å². The molecule has 1 nitrogen and oxygen atoms in total. The van der Waals surface area contributed by atoms with Gasteiger partial charge in [-0.3, -0.25) is 0 Å². The first-order chi connectivity index (χ1) is 6.90. The second-order valence-corrected chi connectivity index (χ2v) is 4.21. The predicted octanol–water partition coefficient (Wildman–Crippen LogP) is 2.71. The fourth-order valence-electron chi connectivity index (χ4n) is 2.37. The molecule has 0 amide bonds. The molecule has 1 N–H and O–H groups in total. The van der Waals surface area contributed by atoms with Crippen molar-refractivity contribution in [2.45, 2.75) is 38.7 Å². The van der Waals surface area contributed by atoms with Crippen LogP contribution < -0.4 is 0 Å². The Hall–Kier alpha value is -0.820. The average Bonchev–Trinajstić information content (AvgIpc) is 2.71. The summed E-state index contributed by atoms with van der Waals surface area (Å²) < 4.78 is 0. The lowest BCUT2D eigenvalue weighted by molar-refractivity contribution is 0.280. The van der Waals surface area contributed by atoms with E-state index >= 15 is 0 Å².